The van der Waals surface area contributed by atoms with Gasteiger partial charge in [0, 0.05) is 5.39 Å². The Balaban J connectivity index is 1.93. The number of hydrogen-bond donors (Lipinski definition) is 1. The second-order valence-corrected chi connectivity index (χ2v) is 4.37. The molecular weight excluding hydrogens is 242 g/mol. The van der Waals surface area contributed by atoms with Gasteiger partial charge in [-0.15, -0.1) is 10.2 Å². The number of furan rings is 1. The first kappa shape index (κ1) is 11.9. The van der Waals surface area contributed by atoms with E-state index < -0.39 is 0 Å². The summed E-state index contributed by atoms with van der Waals surface area (Å²) in [6, 6.07) is 9.74. The highest BCUT2D eigenvalue weighted by Gasteiger charge is 2.16. The van der Waals surface area contributed by atoms with Crippen LogP contribution in [0.25, 0.3) is 22.6 Å². The lowest BCUT2D eigenvalue weighted by molar-refractivity contribution is 0.422. The van der Waals surface area contributed by atoms with Crippen LogP contribution in [-0.4, -0.2) is 16.7 Å². The predicted octanol–water partition coefficient (Wildman–Crippen LogP) is 3.15. The van der Waals surface area contributed by atoms with Crippen molar-refractivity contribution in [3.8, 4) is 11.7 Å². The summed E-state index contributed by atoms with van der Waals surface area (Å²) < 4.78 is 11.3. The van der Waals surface area contributed by atoms with Gasteiger partial charge in [-0.05, 0) is 25.6 Å². The predicted molar refractivity (Wildman–Crippen MR) is 71.6 cm³/mol. The normalized spacial score (nSPS) is 12.9. The van der Waals surface area contributed by atoms with Crippen LogP contribution in [-0.2, 0) is 0 Å². The van der Waals surface area contributed by atoms with Crippen LogP contribution in [0.3, 0.4) is 0 Å². The molecule has 0 aliphatic rings. The summed E-state index contributed by atoms with van der Waals surface area (Å²) >= 11 is 0. The van der Waals surface area contributed by atoms with Crippen LogP contribution < -0.4 is 5.32 Å². The molecule has 0 aliphatic carbocycles. The van der Waals surface area contributed by atoms with Gasteiger partial charge in [-0.3, -0.25) is 0 Å². The number of hydrogen-bond acceptors (Lipinski definition) is 5. The lowest BCUT2D eigenvalue weighted by Gasteiger charge is -2.05. The van der Waals surface area contributed by atoms with Crippen LogP contribution >= 0.6 is 0 Å². The molecule has 1 atom stereocenters. The molecule has 3 aromatic rings. The molecule has 0 fully saturated rings. The molecule has 98 valence electrons. The van der Waals surface area contributed by atoms with Gasteiger partial charge in [0.25, 0.3) is 5.89 Å². The van der Waals surface area contributed by atoms with Gasteiger partial charge in [0.15, 0.2) is 5.76 Å². The summed E-state index contributed by atoms with van der Waals surface area (Å²) in [5, 5.41) is 12.3. The number of benzene rings is 1. The molecule has 0 radical (unpaired) electrons. The smallest absolute Gasteiger partial charge is 0.283 e. The summed E-state index contributed by atoms with van der Waals surface area (Å²) in [5.41, 5.74) is 0.817. The Morgan fingerprint density at radius 2 is 2.05 bits per heavy atom. The molecule has 5 nitrogen and oxygen atoms in total. The lowest BCUT2D eigenvalue weighted by Crippen LogP contribution is -2.17. The van der Waals surface area contributed by atoms with Crippen molar-refractivity contribution in [1.82, 2.24) is 15.5 Å². The molecule has 0 aliphatic heterocycles. The fraction of sp³-hybridized carbons (Fsp3) is 0.286. The first-order chi connectivity index (χ1) is 9.28. The number of nitrogens with one attached hydrogen (secondary N) is 1. The van der Waals surface area contributed by atoms with Gasteiger partial charge < -0.3 is 14.2 Å². The van der Waals surface area contributed by atoms with E-state index in [2.05, 4.69) is 15.5 Å². The molecule has 1 N–H and O–H groups in total. The molecule has 0 bridgehead atoms. The summed E-state index contributed by atoms with van der Waals surface area (Å²) in [5.74, 6) is 1.58. The second kappa shape index (κ2) is 4.85. The molecule has 19 heavy (non-hydrogen) atoms. The standard InChI is InChI=1S/C14H15N3O2/c1-3-15-9(2)13-16-17-14(19-13)12-8-10-6-4-5-7-11(10)18-12/h4-9,15H,3H2,1-2H3. The minimum Gasteiger partial charge on any atom is -0.451 e. The molecule has 3 rings (SSSR count). The Morgan fingerprint density at radius 3 is 2.84 bits per heavy atom. The lowest BCUT2D eigenvalue weighted by atomic mass is 10.2. The largest absolute Gasteiger partial charge is 0.451 e. The van der Waals surface area contributed by atoms with E-state index in [0.717, 1.165) is 17.5 Å². The topological polar surface area (TPSA) is 64.1 Å². The Kier molecular flexibility index (Phi) is 3.05. The van der Waals surface area contributed by atoms with Crippen molar-refractivity contribution in [2.24, 2.45) is 0 Å². The Labute approximate surface area is 110 Å². The molecule has 0 amide bonds. The highest BCUT2D eigenvalue weighted by atomic mass is 16.4. The van der Waals surface area contributed by atoms with Crippen LogP contribution in [0, 0.1) is 0 Å². The maximum Gasteiger partial charge on any atom is 0.283 e. The molecule has 2 heterocycles. The third-order valence-electron chi connectivity index (χ3n) is 2.96. The van der Waals surface area contributed by atoms with E-state index in [1.165, 1.54) is 0 Å². The van der Waals surface area contributed by atoms with E-state index in [1.807, 2.05) is 44.2 Å². The number of aromatic nitrogens is 2. The maximum atomic E-state index is 5.69. The van der Waals surface area contributed by atoms with Crippen LogP contribution in [0.5, 0.6) is 0 Å². The zero-order chi connectivity index (χ0) is 13.2. The third-order valence-corrected chi connectivity index (χ3v) is 2.96. The molecule has 0 spiro atoms. The molecule has 2 aromatic heterocycles. The Bertz CT molecular complexity index is 654. The second-order valence-electron chi connectivity index (χ2n) is 4.37. The monoisotopic (exact) mass is 257 g/mol. The van der Waals surface area contributed by atoms with Gasteiger partial charge in [-0.1, -0.05) is 25.1 Å². The molecule has 1 aromatic carbocycles. The van der Waals surface area contributed by atoms with Gasteiger partial charge in [-0.2, -0.15) is 0 Å². The van der Waals surface area contributed by atoms with Gasteiger partial charge in [0.2, 0.25) is 5.89 Å². The van der Waals surface area contributed by atoms with Gasteiger partial charge in [0.05, 0.1) is 6.04 Å². The minimum absolute atomic E-state index is 0.0376. The summed E-state index contributed by atoms with van der Waals surface area (Å²) in [4.78, 5) is 0. The van der Waals surface area contributed by atoms with E-state index in [1.54, 1.807) is 0 Å². The maximum absolute atomic E-state index is 5.69. The zero-order valence-electron chi connectivity index (χ0n) is 10.9. The molecule has 5 heteroatoms. The molecule has 0 saturated carbocycles. The molecule has 0 saturated heterocycles. The summed E-state index contributed by atoms with van der Waals surface area (Å²) in [7, 11) is 0. The fourth-order valence-corrected chi connectivity index (χ4v) is 1.99. The number of fused-ring (bicyclic) bond motifs is 1. The average Bonchev–Trinajstić information content (AvgIpc) is 3.05. The minimum atomic E-state index is 0.0376. The highest BCUT2D eigenvalue weighted by Crippen LogP contribution is 2.27. The van der Waals surface area contributed by atoms with Crippen molar-refractivity contribution < 1.29 is 8.83 Å². The first-order valence-electron chi connectivity index (χ1n) is 6.33. The van der Waals surface area contributed by atoms with Crippen molar-refractivity contribution in [2.45, 2.75) is 19.9 Å². The van der Waals surface area contributed by atoms with Crippen molar-refractivity contribution in [3.63, 3.8) is 0 Å². The van der Waals surface area contributed by atoms with Crippen molar-refractivity contribution in [1.29, 1.82) is 0 Å². The van der Waals surface area contributed by atoms with Crippen LogP contribution in [0.15, 0.2) is 39.2 Å². The van der Waals surface area contributed by atoms with Crippen molar-refractivity contribution >= 4 is 11.0 Å². The summed E-state index contributed by atoms with van der Waals surface area (Å²) in [6.07, 6.45) is 0. The molecular formula is C14H15N3O2. The van der Waals surface area contributed by atoms with E-state index in [-0.39, 0.29) is 6.04 Å². The average molecular weight is 257 g/mol. The highest BCUT2D eigenvalue weighted by molar-refractivity contribution is 5.81. The number of nitrogens with zero attached hydrogens (tertiary/aromatic N) is 2. The first-order valence-corrected chi connectivity index (χ1v) is 6.33. The van der Waals surface area contributed by atoms with Gasteiger partial charge in [0.1, 0.15) is 5.58 Å². The van der Waals surface area contributed by atoms with Crippen LogP contribution in [0.2, 0.25) is 0 Å². The van der Waals surface area contributed by atoms with Crippen LogP contribution in [0.4, 0.5) is 0 Å². The van der Waals surface area contributed by atoms with Crippen molar-refractivity contribution in [2.75, 3.05) is 6.54 Å². The third kappa shape index (κ3) is 2.24. The van der Waals surface area contributed by atoms with Gasteiger partial charge in [-0.25, -0.2) is 0 Å². The number of para-hydroxylation sites is 1. The SMILES string of the molecule is CCNC(C)c1nnc(-c2cc3ccccc3o2)o1. The Hall–Kier alpha value is -2.14. The van der Waals surface area contributed by atoms with Gasteiger partial charge >= 0.3 is 0 Å². The van der Waals surface area contributed by atoms with E-state index in [4.69, 9.17) is 8.83 Å². The van der Waals surface area contributed by atoms with Crippen molar-refractivity contribution in [3.05, 3.63) is 36.2 Å². The van der Waals surface area contributed by atoms with E-state index >= 15 is 0 Å². The number of rotatable bonds is 4. The van der Waals surface area contributed by atoms with E-state index in [0.29, 0.717) is 17.5 Å². The quantitative estimate of drug-likeness (QED) is 0.777. The van der Waals surface area contributed by atoms with Crippen LogP contribution in [0.1, 0.15) is 25.8 Å². The zero-order valence-corrected chi connectivity index (χ0v) is 10.9. The Morgan fingerprint density at radius 1 is 1.21 bits per heavy atom. The summed E-state index contributed by atoms with van der Waals surface area (Å²) in [6.45, 7) is 4.87. The molecule has 1 unspecified atom stereocenters. The fourth-order valence-electron chi connectivity index (χ4n) is 1.99. The van der Waals surface area contributed by atoms with E-state index in [9.17, 15) is 0 Å².